The molecule has 0 aromatic heterocycles. The monoisotopic (exact) mass is 582 g/mol. The molecule has 11 nitrogen and oxygen atoms in total. The van der Waals surface area contributed by atoms with Crippen LogP contribution in [0.1, 0.15) is 36.8 Å². The van der Waals surface area contributed by atoms with Crippen LogP contribution in [0, 0.1) is 0 Å². The topological polar surface area (TPSA) is 133 Å². The fourth-order valence-electron chi connectivity index (χ4n) is 5.28. The number of fused-ring (bicyclic) bond motifs is 9. The first kappa shape index (κ1) is 31.3. The molecule has 0 radical (unpaired) electrons. The van der Waals surface area contributed by atoms with Crippen LogP contribution < -0.4 is 20.5 Å². The van der Waals surface area contributed by atoms with Crippen molar-refractivity contribution < 1.29 is 33.3 Å². The van der Waals surface area contributed by atoms with Gasteiger partial charge in [-0.1, -0.05) is 18.2 Å². The third-order valence-corrected chi connectivity index (χ3v) is 7.52. The number of hydrogen-bond donors (Lipinski definition) is 2. The molecule has 3 aliphatic heterocycles. The molecule has 0 unspecified atom stereocenters. The van der Waals surface area contributed by atoms with Crippen molar-refractivity contribution in [2.75, 3.05) is 53.6 Å². The van der Waals surface area contributed by atoms with E-state index in [1.807, 2.05) is 42.5 Å². The summed E-state index contributed by atoms with van der Waals surface area (Å²) in [6, 6.07) is 12.8. The number of nitrogens with zero attached hydrogens (tertiary/aromatic N) is 2. The minimum absolute atomic E-state index is 0.0517. The Morgan fingerprint density at radius 1 is 1.12 bits per heavy atom. The maximum absolute atomic E-state index is 13.3. The van der Waals surface area contributed by atoms with E-state index in [0.717, 1.165) is 11.1 Å². The molecule has 11 heteroatoms. The standard InChI is InChI=1S/C31H42N4O7/c1-39-16-4-14-34-20-29(36)33-25-19-35(31(38)11-13-32)15-12-26(25)41-21-23-5-3-6-24(17-23)42-27-9-7-22(8-10-30(34)37)18-28(27)40-2/h3,5-7,9,17-18,25-26H,4,8,10-16,19-21,32H2,1-2H3,(H,33,36)/t25-,26+/m0/s1. The van der Waals surface area contributed by atoms with Gasteiger partial charge in [-0.15, -0.1) is 0 Å². The van der Waals surface area contributed by atoms with Gasteiger partial charge in [0, 0.05) is 52.7 Å². The van der Waals surface area contributed by atoms with Crippen LogP contribution in [-0.2, 0) is 36.9 Å². The summed E-state index contributed by atoms with van der Waals surface area (Å²) in [6.07, 6.45) is 1.77. The van der Waals surface area contributed by atoms with Crippen LogP contribution in [0.5, 0.6) is 17.2 Å². The van der Waals surface area contributed by atoms with Crippen LogP contribution in [0.15, 0.2) is 42.5 Å². The first-order chi connectivity index (χ1) is 20.4. The zero-order chi connectivity index (χ0) is 29.9. The predicted molar refractivity (Wildman–Crippen MR) is 156 cm³/mol. The number of carbonyl (C=O) groups excluding carboxylic acids is 3. The van der Waals surface area contributed by atoms with E-state index in [-0.39, 0.29) is 49.8 Å². The quantitative estimate of drug-likeness (QED) is 0.475. The molecule has 0 saturated carbocycles. The molecule has 2 atom stereocenters. The van der Waals surface area contributed by atoms with Gasteiger partial charge in [0.25, 0.3) is 0 Å². The second kappa shape index (κ2) is 15.5. The molecule has 3 N–H and O–H groups in total. The second-order valence-corrected chi connectivity index (χ2v) is 10.6. The molecule has 3 heterocycles. The maximum atomic E-state index is 13.3. The van der Waals surface area contributed by atoms with E-state index < -0.39 is 6.04 Å². The van der Waals surface area contributed by atoms with E-state index in [1.165, 1.54) is 0 Å². The first-order valence-electron chi connectivity index (χ1n) is 14.5. The summed E-state index contributed by atoms with van der Waals surface area (Å²) in [5.74, 6) is 1.28. The number of amides is 3. The number of benzene rings is 2. The number of methoxy groups -OCH3 is 2. The number of ether oxygens (including phenoxy) is 4. The molecule has 2 aromatic rings. The Balaban J connectivity index is 1.61. The van der Waals surface area contributed by atoms with Crippen molar-refractivity contribution in [2.45, 2.75) is 50.9 Å². The summed E-state index contributed by atoms with van der Waals surface area (Å²) in [5, 5.41) is 3.06. The largest absolute Gasteiger partial charge is 0.493 e. The average Bonchev–Trinajstić information content (AvgIpc) is 2.99. The summed E-state index contributed by atoms with van der Waals surface area (Å²) in [5.41, 5.74) is 7.44. The van der Waals surface area contributed by atoms with Gasteiger partial charge in [0.15, 0.2) is 11.5 Å². The number of nitrogens with one attached hydrogen (secondary N) is 1. The lowest BCUT2D eigenvalue weighted by atomic mass is 10.0. The van der Waals surface area contributed by atoms with Gasteiger partial charge in [-0.25, -0.2) is 0 Å². The highest BCUT2D eigenvalue weighted by molar-refractivity contribution is 5.85. The Kier molecular flexibility index (Phi) is 11.6. The van der Waals surface area contributed by atoms with Crippen LogP contribution in [-0.4, -0.2) is 93.2 Å². The van der Waals surface area contributed by atoms with Crippen molar-refractivity contribution >= 4 is 17.7 Å². The molecule has 5 rings (SSSR count). The van der Waals surface area contributed by atoms with Gasteiger partial charge in [0.05, 0.1) is 32.4 Å². The molecule has 228 valence electrons. The fourth-order valence-corrected chi connectivity index (χ4v) is 5.28. The van der Waals surface area contributed by atoms with Crippen LogP contribution in [0.25, 0.3) is 0 Å². The van der Waals surface area contributed by atoms with Crippen LogP contribution >= 0.6 is 0 Å². The number of likely N-dealkylation sites (tertiary alicyclic amines) is 1. The van der Waals surface area contributed by atoms with Gasteiger partial charge in [-0.05, 0) is 54.7 Å². The van der Waals surface area contributed by atoms with E-state index in [0.29, 0.717) is 69.4 Å². The van der Waals surface area contributed by atoms with Crippen molar-refractivity contribution in [1.82, 2.24) is 15.1 Å². The zero-order valence-corrected chi connectivity index (χ0v) is 24.5. The third-order valence-electron chi connectivity index (χ3n) is 7.52. The normalized spacial score (nSPS) is 20.1. The minimum atomic E-state index is -0.440. The predicted octanol–water partition coefficient (Wildman–Crippen LogP) is 2.25. The van der Waals surface area contributed by atoms with Crippen LogP contribution in [0.2, 0.25) is 0 Å². The number of carbonyl (C=O) groups is 3. The summed E-state index contributed by atoms with van der Waals surface area (Å²) >= 11 is 0. The van der Waals surface area contributed by atoms with Crippen LogP contribution in [0.3, 0.4) is 0 Å². The first-order valence-corrected chi connectivity index (χ1v) is 14.5. The third kappa shape index (κ3) is 8.67. The van der Waals surface area contributed by atoms with Gasteiger partial charge < -0.3 is 39.8 Å². The molecule has 3 aliphatic rings. The van der Waals surface area contributed by atoms with Gasteiger partial charge in [-0.3, -0.25) is 14.4 Å². The lowest BCUT2D eigenvalue weighted by molar-refractivity contribution is -0.139. The molecular weight excluding hydrogens is 540 g/mol. The SMILES string of the molecule is COCCCN1CC(=O)N[C@H]2CN(C(=O)CCN)CC[C@H]2OCc2cccc(c2)Oc2ccc(cc2OC)CCC1=O. The highest BCUT2D eigenvalue weighted by atomic mass is 16.5. The van der Waals surface area contributed by atoms with E-state index in [2.05, 4.69) is 5.32 Å². The number of piperidine rings is 1. The summed E-state index contributed by atoms with van der Waals surface area (Å²) < 4.78 is 23.2. The number of hydrogen-bond acceptors (Lipinski definition) is 8. The van der Waals surface area contributed by atoms with E-state index in [9.17, 15) is 14.4 Å². The van der Waals surface area contributed by atoms with E-state index in [4.69, 9.17) is 24.7 Å². The van der Waals surface area contributed by atoms with Crippen molar-refractivity contribution in [2.24, 2.45) is 5.73 Å². The summed E-state index contributed by atoms with van der Waals surface area (Å²) in [4.78, 5) is 42.6. The summed E-state index contributed by atoms with van der Waals surface area (Å²) in [6.45, 7) is 2.14. The molecule has 4 bridgehead atoms. The number of rotatable bonds is 7. The Hall–Kier alpha value is -3.67. The summed E-state index contributed by atoms with van der Waals surface area (Å²) in [7, 11) is 3.19. The van der Waals surface area contributed by atoms with Gasteiger partial charge in [-0.2, -0.15) is 0 Å². The molecular formula is C31H42N4O7. The van der Waals surface area contributed by atoms with Gasteiger partial charge >= 0.3 is 0 Å². The Bertz CT molecular complexity index is 1220. The van der Waals surface area contributed by atoms with Crippen LogP contribution in [0.4, 0.5) is 0 Å². The minimum Gasteiger partial charge on any atom is -0.493 e. The Morgan fingerprint density at radius 3 is 2.76 bits per heavy atom. The van der Waals surface area contributed by atoms with Crippen molar-refractivity contribution in [3.05, 3.63) is 53.6 Å². The fraction of sp³-hybridized carbons (Fsp3) is 0.516. The molecule has 1 fully saturated rings. The molecule has 3 amide bonds. The Labute approximate surface area is 247 Å². The lowest BCUT2D eigenvalue weighted by Crippen LogP contribution is -2.58. The van der Waals surface area contributed by atoms with Crippen molar-refractivity contribution in [1.29, 1.82) is 0 Å². The van der Waals surface area contributed by atoms with Crippen molar-refractivity contribution in [3.63, 3.8) is 0 Å². The van der Waals surface area contributed by atoms with E-state index in [1.54, 1.807) is 24.0 Å². The highest BCUT2D eigenvalue weighted by Crippen LogP contribution is 2.33. The molecule has 42 heavy (non-hydrogen) atoms. The smallest absolute Gasteiger partial charge is 0.239 e. The van der Waals surface area contributed by atoms with Gasteiger partial charge in [0.2, 0.25) is 17.7 Å². The number of nitrogens with two attached hydrogens (primary N) is 1. The number of aryl methyl sites for hydroxylation is 1. The van der Waals surface area contributed by atoms with Gasteiger partial charge in [0.1, 0.15) is 5.75 Å². The zero-order valence-electron chi connectivity index (χ0n) is 24.5. The average molecular weight is 583 g/mol. The highest BCUT2D eigenvalue weighted by Gasteiger charge is 2.33. The van der Waals surface area contributed by atoms with E-state index >= 15 is 0 Å². The molecule has 2 aromatic carbocycles. The Morgan fingerprint density at radius 2 is 1.98 bits per heavy atom. The second-order valence-electron chi connectivity index (χ2n) is 10.6. The maximum Gasteiger partial charge on any atom is 0.239 e. The molecule has 1 saturated heterocycles. The lowest BCUT2D eigenvalue weighted by Gasteiger charge is -2.39. The molecule has 0 aliphatic carbocycles. The van der Waals surface area contributed by atoms with Crippen molar-refractivity contribution in [3.8, 4) is 17.2 Å². The molecule has 0 spiro atoms.